The normalized spacial score (nSPS) is 14.0. The predicted octanol–water partition coefficient (Wildman–Crippen LogP) is 5.76. The fourth-order valence-electron chi connectivity index (χ4n) is 4.80. The largest absolute Gasteiger partial charge is 0.462 e. The van der Waals surface area contributed by atoms with Crippen LogP contribution in [0, 0.1) is 17.0 Å². The standard InChI is InChI=1S/C30H32F2N2O4/c1-30(2,29(37)38-22-7-3-4-8-22)17-5-6-19-9-12-21(13-10-19)34-26(35)16-15-24(28(34)33)27(36)23-14-11-20(31)18-25(23)32/h9-16,18,22H,3-8,17,33H2,1-2H3. The monoisotopic (exact) mass is 522 g/mol. The number of pyridine rings is 1. The zero-order valence-electron chi connectivity index (χ0n) is 21.6. The molecule has 2 N–H and O–H groups in total. The van der Waals surface area contributed by atoms with Gasteiger partial charge in [-0.15, -0.1) is 0 Å². The number of aryl methyl sites for hydroxylation is 1. The molecule has 0 atom stereocenters. The van der Waals surface area contributed by atoms with Crippen LogP contribution in [-0.2, 0) is 16.0 Å². The number of nitrogens with two attached hydrogens (primary N) is 1. The molecule has 0 bridgehead atoms. The molecule has 0 amide bonds. The quantitative estimate of drug-likeness (QED) is 0.285. The van der Waals surface area contributed by atoms with Crippen molar-refractivity contribution in [3.63, 3.8) is 0 Å². The van der Waals surface area contributed by atoms with Gasteiger partial charge in [0.1, 0.15) is 23.6 Å². The van der Waals surface area contributed by atoms with Gasteiger partial charge in [0.25, 0.3) is 5.56 Å². The smallest absolute Gasteiger partial charge is 0.311 e. The molecule has 6 nitrogen and oxygen atoms in total. The van der Waals surface area contributed by atoms with Crippen molar-refractivity contribution < 1.29 is 23.1 Å². The molecule has 4 rings (SSSR count). The Morgan fingerprint density at radius 1 is 1.00 bits per heavy atom. The van der Waals surface area contributed by atoms with Crippen LogP contribution in [-0.4, -0.2) is 22.4 Å². The molecule has 1 heterocycles. The number of esters is 1. The van der Waals surface area contributed by atoms with Crippen LogP contribution in [0.2, 0.25) is 0 Å². The van der Waals surface area contributed by atoms with Crippen LogP contribution in [0.25, 0.3) is 5.69 Å². The van der Waals surface area contributed by atoms with Gasteiger partial charge in [0, 0.05) is 12.1 Å². The lowest BCUT2D eigenvalue weighted by Gasteiger charge is -2.24. The van der Waals surface area contributed by atoms with E-state index in [1.807, 2.05) is 26.0 Å². The van der Waals surface area contributed by atoms with E-state index in [2.05, 4.69) is 0 Å². The molecule has 200 valence electrons. The summed E-state index contributed by atoms with van der Waals surface area (Å²) in [5, 5.41) is 0. The zero-order valence-corrected chi connectivity index (χ0v) is 21.6. The number of ketones is 1. The van der Waals surface area contributed by atoms with Gasteiger partial charge in [-0.05, 0) is 94.7 Å². The maximum atomic E-state index is 14.2. The average Bonchev–Trinajstić information content (AvgIpc) is 3.38. The predicted molar refractivity (Wildman–Crippen MR) is 141 cm³/mol. The SMILES string of the molecule is CC(C)(CCCc1ccc(-n2c(N)c(C(=O)c3ccc(F)cc3F)ccc2=O)cc1)C(=O)OC1CCCC1. The van der Waals surface area contributed by atoms with Crippen LogP contribution in [0.15, 0.2) is 59.4 Å². The van der Waals surface area contributed by atoms with E-state index in [-0.39, 0.29) is 29.0 Å². The number of halogens is 2. The lowest BCUT2D eigenvalue weighted by Crippen LogP contribution is -2.29. The minimum absolute atomic E-state index is 0.0497. The van der Waals surface area contributed by atoms with E-state index in [1.165, 1.54) is 16.7 Å². The Balaban J connectivity index is 1.44. The number of aromatic nitrogens is 1. The van der Waals surface area contributed by atoms with Crippen molar-refractivity contribution in [1.29, 1.82) is 0 Å². The minimum atomic E-state index is -1.01. The molecule has 3 aromatic rings. The number of hydrogen-bond donors (Lipinski definition) is 1. The minimum Gasteiger partial charge on any atom is -0.462 e. The summed E-state index contributed by atoms with van der Waals surface area (Å²) in [5.74, 6) is -2.85. The van der Waals surface area contributed by atoms with Gasteiger partial charge in [0.05, 0.1) is 22.2 Å². The van der Waals surface area contributed by atoms with Gasteiger partial charge in [-0.1, -0.05) is 12.1 Å². The topological polar surface area (TPSA) is 91.4 Å². The number of anilines is 1. The Labute approximate surface area is 220 Å². The molecule has 38 heavy (non-hydrogen) atoms. The number of nitrogens with zero attached hydrogens (tertiary/aromatic N) is 1. The van der Waals surface area contributed by atoms with Crippen LogP contribution in [0.4, 0.5) is 14.6 Å². The zero-order chi connectivity index (χ0) is 27.4. The molecular weight excluding hydrogens is 490 g/mol. The molecule has 1 aliphatic carbocycles. The van der Waals surface area contributed by atoms with Crippen LogP contribution < -0.4 is 11.3 Å². The highest BCUT2D eigenvalue weighted by Gasteiger charge is 2.31. The average molecular weight is 523 g/mol. The summed E-state index contributed by atoms with van der Waals surface area (Å²) in [6, 6.07) is 12.3. The first-order chi connectivity index (χ1) is 18.1. The van der Waals surface area contributed by atoms with Crippen molar-refractivity contribution in [2.24, 2.45) is 5.41 Å². The lowest BCUT2D eigenvalue weighted by atomic mass is 9.86. The number of carbonyl (C=O) groups excluding carboxylic acids is 2. The summed E-state index contributed by atoms with van der Waals surface area (Å²) in [7, 11) is 0. The van der Waals surface area contributed by atoms with Crippen LogP contribution in [0.3, 0.4) is 0 Å². The summed E-state index contributed by atoms with van der Waals surface area (Å²) in [5.41, 5.74) is 6.23. The molecule has 0 aliphatic heterocycles. The number of carbonyl (C=O) groups is 2. The van der Waals surface area contributed by atoms with E-state index in [0.717, 1.165) is 56.2 Å². The molecule has 1 saturated carbocycles. The van der Waals surface area contributed by atoms with Gasteiger partial charge < -0.3 is 10.5 Å². The van der Waals surface area contributed by atoms with Crippen LogP contribution in [0.1, 0.15) is 73.9 Å². The molecule has 2 aromatic carbocycles. The van der Waals surface area contributed by atoms with Gasteiger partial charge >= 0.3 is 5.97 Å². The van der Waals surface area contributed by atoms with Gasteiger partial charge in [-0.3, -0.25) is 19.0 Å². The Kier molecular flexibility index (Phi) is 8.09. The third-order valence-electron chi connectivity index (χ3n) is 7.14. The third kappa shape index (κ3) is 6.01. The molecule has 1 aliphatic rings. The van der Waals surface area contributed by atoms with Gasteiger partial charge in [-0.2, -0.15) is 0 Å². The van der Waals surface area contributed by atoms with Gasteiger partial charge in [-0.25, -0.2) is 8.78 Å². The maximum absolute atomic E-state index is 14.2. The first kappa shape index (κ1) is 27.2. The molecule has 0 saturated heterocycles. The number of rotatable bonds is 9. The second-order valence-electron chi connectivity index (χ2n) is 10.5. The van der Waals surface area contributed by atoms with Gasteiger partial charge in [0.2, 0.25) is 0 Å². The summed E-state index contributed by atoms with van der Waals surface area (Å²) in [4.78, 5) is 38.1. The molecule has 1 fully saturated rings. The van der Waals surface area contributed by atoms with Crippen LogP contribution in [0.5, 0.6) is 0 Å². The summed E-state index contributed by atoms with van der Waals surface area (Å²) in [6.07, 6.45) is 6.35. The Bertz CT molecular complexity index is 1390. The van der Waals surface area contributed by atoms with Gasteiger partial charge in [0.15, 0.2) is 5.78 Å². The van der Waals surface area contributed by atoms with E-state index in [1.54, 1.807) is 12.1 Å². The number of nitrogen functional groups attached to an aromatic ring is 1. The van der Waals surface area contributed by atoms with Crippen molar-refractivity contribution in [3.8, 4) is 5.69 Å². The van der Waals surface area contributed by atoms with Crippen molar-refractivity contribution in [2.45, 2.75) is 64.9 Å². The lowest BCUT2D eigenvalue weighted by molar-refractivity contribution is -0.159. The summed E-state index contributed by atoms with van der Waals surface area (Å²) < 4.78 is 34.3. The Morgan fingerprint density at radius 2 is 1.66 bits per heavy atom. The van der Waals surface area contributed by atoms with Crippen molar-refractivity contribution in [2.75, 3.05) is 5.73 Å². The van der Waals surface area contributed by atoms with Crippen molar-refractivity contribution in [1.82, 2.24) is 4.57 Å². The highest BCUT2D eigenvalue weighted by molar-refractivity contribution is 6.11. The molecule has 0 radical (unpaired) electrons. The van der Waals surface area contributed by atoms with Crippen molar-refractivity contribution in [3.05, 3.63) is 93.3 Å². The van der Waals surface area contributed by atoms with E-state index in [0.29, 0.717) is 18.2 Å². The second kappa shape index (κ2) is 11.3. The first-order valence-corrected chi connectivity index (χ1v) is 12.9. The van der Waals surface area contributed by atoms with E-state index >= 15 is 0 Å². The van der Waals surface area contributed by atoms with E-state index < -0.39 is 28.4 Å². The fraction of sp³-hybridized carbons (Fsp3) is 0.367. The van der Waals surface area contributed by atoms with E-state index in [9.17, 15) is 23.2 Å². The molecular formula is C30H32F2N2O4. The highest BCUT2D eigenvalue weighted by Crippen LogP contribution is 2.29. The second-order valence-corrected chi connectivity index (χ2v) is 10.5. The summed E-state index contributed by atoms with van der Waals surface area (Å²) in [6.45, 7) is 3.82. The number of hydrogen-bond acceptors (Lipinski definition) is 5. The molecule has 8 heteroatoms. The summed E-state index contributed by atoms with van der Waals surface area (Å²) >= 11 is 0. The Morgan fingerprint density at radius 3 is 2.32 bits per heavy atom. The molecule has 1 aromatic heterocycles. The number of benzene rings is 2. The fourth-order valence-corrected chi connectivity index (χ4v) is 4.80. The van der Waals surface area contributed by atoms with Crippen LogP contribution >= 0.6 is 0 Å². The Hall–Kier alpha value is -3.81. The van der Waals surface area contributed by atoms with E-state index in [4.69, 9.17) is 10.5 Å². The maximum Gasteiger partial charge on any atom is 0.311 e. The highest BCUT2D eigenvalue weighted by atomic mass is 19.1. The number of ether oxygens (including phenoxy) is 1. The third-order valence-corrected chi connectivity index (χ3v) is 7.14. The molecule has 0 spiro atoms. The van der Waals surface area contributed by atoms with Crippen molar-refractivity contribution >= 4 is 17.6 Å². The first-order valence-electron chi connectivity index (χ1n) is 12.9. The molecule has 0 unspecified atom stereocenters.